The van der Waals surface area contributed by atoms with Crippen LogP contribution in [0.3, 0.4) is 0 Å². The topological polar surface area (TPSA) is 25.8 Å². The fraction of sp³-hybridized carbons (Fsp3) is 0. The Kier molecular flexibility index (Phi) is 2.19. The predicted octanol–water partition coefficient (Wildman–Crippen LogP) is 2.11. The molecule has 0 aromatic carbocycles. The zero-order valence-electron chi connectivity index (χ0n) is 5.02. The number of hydrogen-bond acceptors (Lipinski definition) is 3. The lowest BCUT2D eigenvalue weighted by molar-refractivity contribution is 1.05. The first kappa shape index (κ1) is 7.44. The van der Waals surface area contributed by atoms with Crippen LogP contribution in [0.25, 0.3) is 10.1 Å². The summed E-state index contributed by atoms with van der Waals surface area (Å²) in [4.78, 5) is 0. The summed E-state index contributed by atoms with van der Waals surface area (Å²) in [5.74, 6) is 0. The molecule has 0 fully saturated rings. The zero-order chi connectivity index (χ0) is 6.10. The van der Waals surface area contributed by atoms with Crippen LogP contribution in [0, 0.1) is 0 Å². The molecule has 0 unspecified atom stereocenters. The van der Waals surface area contributed by atoms with Gasteiger partial charge in [0.1, 0.15) is 0 Å². The average Bonchev–Trinajstić information content (AvgIpc) is 2.33. The summed E-state index contributed by atoms with van der Waals surface area (Å²) < 4.78 is 1.20. The summed E-state index contributed by atoms with van der Waals surface area (Å²) in [5.41, 5.74) is 0. The standard InChI is InChI=1S/C6H4N2S.ClH/c1-2-9-6-4-8-7-3-5(1)6;/h1-4H;1H. The number of thiophene rings is 1. The van der Waals surface area contributed by atoms with Crippen molar-refractivity contribution in [1.82, 2.24) is 10.2 Å². The van der Waals surface area contributed by atoms with E-state index in [9.17, 15) is 0 Å². The molecule has 52 valence electrons. The Morgan fingerprint density at radius 1 is 1.20 bits per heavy atom. The Morgan fingerprint density at radius 2 is 2.00 bits per heavy atom. The quantitative estimate of drug-likeness (QED) is 0.609. The molecule has 2 aromatic heterocycles. The van der Waals surface area contributed by atoms with E-state index < -0.39 is 0 Å². The molecule has 0 aliphatic carbocycles. The molecule has 0 saturated heterocycles. The molecule has 0 N–H and O–H groups in total. The van der Waals surface area contributed by atoms with Crippen molar-refractivity contribution >= 4 is 33.8 Å². The van der Waals surface area contributed by atoms with Crippen LogP contribution in [0.2, 0.25) is 0 Å². The lowest BCUT2D eigenvalue weighted by Crippen LogP contribution is -1.73. The average molecular weight is 173 g/mol. The Bertz CT molecular complexity index is 290. The van der Waals surface area contributed by atoms with Crippen molar-refractivity contribution < 1.29 is 0 Å². The van der Waals surface area contributed by atoms with Crippen LogP contribution >= 0.6 is 23.7 Å². The van der Waals surface area contributed by atoms with Gasteiger partial charge < -0.3 is 0 Å². The van der Waals surface area contributed by atoms with Crippen LogP contribution in [0.4, 0.5) is 0 Å². The molecule has 2 heterocycles. The third-order valence-electron chi connectivity index (χ3n) is 1.17. The van der Waals surface area contributed by atoms with Crippen molar-refractivity contribution in [2.45, 2.75) is 0 Å². The van der Waals surface area contributed by atoms with E-state index in [1.165, 1.54) is 10.1 Å². The smallest absolute Gasteiger partial charge is 0.0674 e. The van der Waals surface area contributed by atoms with Gasteiger partial charge in [0.25, 0.3) is 0 Å². The van der Waals surface area contributed by atoms with Gasteiger partial charge in [-0.25, -0.2) is 0 Å². The summed E-state index contributed by atoms with van der Waals surface area (Å²) in [6.07, 6.45) is 3.55. The zero-order valence-corrected chi connectivity index (χ0v) is 6.65. The SMILES string of the molecule is Cl.c1cc2cnncc2s1. The minimum absolute atomic E-state index is 0. The van der Waals surface area contributed by atoms with E-state index in [1.807, 2.05) is 11.4 Å². The van der Waals surface area contributed by atoms with Crippen LogP contribution in [0.15, 0.2) is 23.8 Å². The van der Waals surface area contributed by atoms with Gasteiger partial charge in [-0.3, -0.25) is 0 Å². The van der Waals surface area contributed by atoms with E-state index in [-0.39, 0.29) is 12.4 Å². The Morgan fingerprint density at radius 3 is 2.80 bits per heavy atom. The van der Waals surface area contributed by atoms with Gasteiger partial charge >= 0.3 is 0 Å². The largest absolute Gasteiger partial charge is 0.158 e. The van der Waals surface area contributed by atoms with Gasteiger partial charge in [-0.05, 0) is 11.4 Å². The summed E-state index contributed by atoms with van der Waals surface area (Å²) in [5, 5.41) is 10.7. The van der Waals surface area contributed by atoms with E-state index >= 15 is 0 Å². The maximum absolute atomic E-state index is 3.75. The molecule has 10 heavy (non-hydrogen) atoms. The number of aromatic nitrogens is 2. The highest BCUT2D eigenvalue weighted by Gasteiger charge is 1.90. The van der Waals surface area contributed by atoms with Gasteiger partial charge in [0.15, 0.2) is 0 Å². The van der Waals surface area contributed by atoms with E-state index in [4.69, 9.17) is 0 Å². The summed E-state index contributed by atoms with van der Waals surface area (Å²) in [7, 11) is 0. The minimum atomic E-state index is 0. The van der Waals surface area contributed by atoms with Crippen molar-refractivity contribution in [3.05, 3.63) is 23.8 Å². The van der Waals surface area contributed by atoms with Crippen LogP contribution in [0.5, 0.6) is 0 Å². The molecule has 0 atom stereocenters. The molecule has 0 aliphatic heterocycles. The first-order valence-electron chi connectivity index (χ1n) is 2.61. The molecule has 2 rings (SSSR count). The molecule has 0 amide bonds. The van der Waals surface area contributed by atoms with Gasteiger partial charge in [0, 0.05) is 5.39 Å². The molecular weight excluding hydrogens is 168 g/mol. The normalized spacial score (nSPS) is 9.20. The van der Waals surface area contributed by atoms with E-state index in [0.29, 0.717) is 0 Å². The third kappa shape index (κ3) is 1.10. The number of fused-ring (bicyclic) bond motifs is 1. The second kappa shape index (κ2) is 2.94. The molecule has 0 bridgehead atoms. The Hall–Kier alpha value is -0.670. The van der Waals surface area contributed by atoms with Crippen molar-refractivity contribution in [3.8, 4) is 0 Å². The number of halogens is 1. The van der Waals surface area contributed by atoms with Crippen LogP contribution in [0.1, 0.15) is 0 Å². The fourth-order valence-electron chi connectivity index (χ4n) is 0.724. The van der Waals surface area contributed by atoms with Crippen LogP contribution < -0.4 is 0 Å². The first-order valence-corrected chi connectivity index (χ1v) is 3.49. The maximum Gasteiger partial charge on any atom is 0.0674 e. The monoisotopic (exact) mass is 172 g/mol. The van der Waals surface area contributed by atoms with Crippen molar-refractivity contribution in [3.63, 3.8) is 0 Å². The maximum atomic E-state index is 3.75. The van der Waals surface area contributed by atoms with Crippen molar-refractivity contribution in [1.29, 1.82) is 0 Å². The predicted molar refractivity (Wildman–Crippen MR) is 44.7 cm³/mol. The van der Waals surface area contributed by atoms with Crippen LogP contribution in [-0.4, -0.2) is 10.2 Å². The minimum Gasteiger partial charge on any atom is -0.158 e. The first-order chi connectivity index (χ1) is 4.47. The second-order valence-corrected chi connectivity index (χ2v) is 2.68. The van der Waals surface area contributed by atoms with Gasteiger partial charge in [-0.15, -0.1) is 23.7 Å². The van der Waals surface area contributed by atoms with Gasteiger partial charge in [-0.2, -0.15) is 10.2 Å². The van der Waals surface area contributed by atoms with Gasteiger partial charge in [0.05, 0.1) is 17.1 Å². The molecule has 0 aliphatic rings. The molecule has 4 heteroatoms. The third-order valence-corrected chi connectivity index (χ3v) is 2.03. The molecule has 2 nitrogen and oxygen atoms in total. The molecule has 0 spiro atoms. The lowest BCUT2D eigenvalue weighted by atomic mass is 10.4. The van der Waals surface area contributed by atoms with Crippen molar-refractivity contribution in [2.75, 3.05) is 0 Å². The molecule has 0 saturated carbocycles. The number of hydrogen-bond donors (Lipinski definition) is 0. The fourth-order valence-corrected chi connectivity index (χ4v) is 1.45. The highest BCUT2D eigenvalue weighted by atomic mass is 35.5. The molecule has 2 aromatic rings. The van der Waals surface area contributed by atoms with Gasteiger partial charge in [0.2, 0.25) is 0 Å². The Labute approximate surface area is 68.3 Å². The number of nitrogens with zero attached hydrogens (tertiary/aromatic N) is 2. The van der Waals surface area contributed by atoms with Crippen LogP contribution in [-0.2, 0) is 0 Å². The van der Waals surface area contributed by atoms with E-state index in [1.54, 1.807) is 23.7 Å². The summed E-state index contributed by atoms with van der Waals surface area (Å²) >= 11 is 1.68. The van der Waals surface area contributed by atoms with Crippen molar-refractivity contribution in [2.24, 2.45) is 0 Å². The van der Waals surface area contributed by atoms with Gasteiger partial charge in [-0.1, -0.05) is 0 Å². The Balaban J connectivity index is 0.000000500. The highest BCUT2D eigenvalue weighted by molar-refractivity contribution is 7.17. The molecular formula is C6H5ClN2S. The van der Waals surface area contributed by atoms with E-state index in [0.717, 1.165) is 0 Å². The molecule has 0 radical (unpaired) electrons. The highest BCUT2D eigenvalue weighted by Crippen LogP contribution is 2.16. The second-order valence-electron chi connectivity index (χ2n) is 1.73. The number of rotatable bonds is 0. The summed E-state index contributed by atoms with van der Waals surface area (Å²) in [6, 6.07) is 2.04. The lowest BCUT2D eigenvalue weighted by Gasteiger charge is -1.80. The summed E-state index contributed by atoms with van der Waals surface area (Å²) in [6.45, 7) is 0. The van der Waals surface area contributed by atoms with E-state index in [2.05, 4.69) is 10.2 Å².